The highest BCUT2D eigenvalue weighted by atomic mass is 16.5. The molecule has 0 bridgehead atoms. The Balaban J connectivity index is 1.83. The molecule has 0 radical (unpaired) electrons. The fourth-order valence-corrected chi connectivity index (χ4v) is 3.04. The molecule has 2 aliphatic rings. The molecular weight excluding hydrogens is 338 g/mol. The first kappa shape index (κ1) is 17.6. The van der Waals surface area contributed by atoms with Gasteiger partial charge in [-0.15, -0.1) is 5.92 Å². The molecule has 136 valence electrons. The van der Waals surface area contributed by atoms with E-state index < -0.39 is 17.5 Å². The van der Waals surface area contributed by atoms with Crippen LogP contribution in [0.2, 0.25) is 0 Å². The number of urea groups is 1. The molecule has 2 heterocycles. The number of amides is 4. The zero-order valence-corrected chi connectivity index (χ0v) is 14.8. The normalized spacial score (nSPS) is 20.9. The molecule has 1 fully saturated rings. The van der Waals surface area contributed by atoms with Crippen LogP contribution < -0.4 is 20.1 Å². The highest BCUT2D eigenvalue weighted by molar-refractivity contribution is 6.07. The number of nitrogens with one attached hydrogen (secondary N) is 2. The van der Waals surface area contributed by atoms with Gasteiger partial charge in [-0.1, -0.05) is 5.92 Å². The number of carbonyl (C=O) groups is 3. The van der Waals surface area contributed by atoms with E-state index in [9.17, 15) is 14.4 Å². The second-order valence-corrected chi connectivity index (χ2v) is 6.28. The predicted molar refractivity (Wildman–Crippen MR) is 91.8 cm³/mol. The number of fused-ring (bicyclic) bond motifs is 1. The maximum absolute atomic E-state index is 12.7. The summed E-state index contributed by atoms with van der Waals surface area (Å²) in [6, 6.07) is 2.82. The Morgan fingerprint density at radius 3 is 2.65 bits per heavy atom. The van der Waals surface area contributed by atoms with Crippen LogP contribution in [0.3, 0.4) is 0 Å². The highest BCUT2D eigenvalue weighted by Gasteiger charge is 2.45. The number of benzene rings is 1. The van der Waals surface area contributed by atoms with Gasteiger partial charge in [-0.05, 0) is 31.5 Å². The number of ether oxygens (including phenoxy) is 2. The molecule has 1 atom stereocenters. The van der Waals surface area contributed by atoms with Crippen molar-refractivity contribution in [3.8, 4) is 23.3 Å². The van der Waals surface area contributed by atoms with Crippen LogP contribution in [0.25, 0.3) is 0 Å². The molecule has 1 saturated heterocycles. The van der Waals surface area contributed by atoms with E-state index in [1.165, 1.54) is 12.0 Å². The summed E-state index contributed by atoms with van der Waals surface area (Å²) >= 11 is 0. The molecule has 1 aromatic carbocycles. The molecule has 2 N–H and O–H groups in total. The molecule has 1 aromatic rings. The lowest BCUT2D eigenvalue weighted by Crippen LogP contribution is -2.52. The number of nitrogens with zero attached hydrogens (tertiary/aromatic N) is 1. The lowest BCUT2D eigenvalue weighted by Gasteiger charge is -2.26. The van der Waals surface area contributed by atoms with Crippen LogP contribution in [0, 0.1) is 11.8 Å². The molecule has 0 spiro atoms. The number of methoxy groups -OCH3 is 1. The Bertz CT molecular complexity index is 854. The smallest absolute Gasteiger partial charge is 0.322 e. The lowest BCUT2D eigenvalue weighted by molar-refractivity contribution is -0.123. The minimum absolute atomic E-state index is 0.0674. The molecule has 26 heavy (non-hydrogen) atoms. The van der Waals surface area contributed by atoms with Gasteiger partial charge in [0.15, 0.2) is 11.5 Å². The van der Waals surface area contributed by atoms with E-state index in [1.54, 1.807) is 26.0 Å². The summed E-state index contributed by atoms with van der Waals surface area (Å²) in [6.45, 7) is 3.90. The van der Waals surface area contributed by atoms with Crippen molar-refractivity contribution in [2.45, 2.75) is 25.9 Å². The van der Waals surface area contributed by atoms with E-state index in [0.717, 1.165) is 5.56 Å². The summed E-state index contributed by atoms with van der Waals surface area (Å²) in [5, 5.41) is 4.76. The average Bonchev–Trinajstić information content (AvgIpc) is 3.02. The Morgan fingerprint density at radius 2 is 2.04 bits per heavy atom. The molecule has 1 unspecified atom stereocenters. The Labute approximate surface area is 150 Å². The number of rotatable bonds is 5. The second kappa shape index (κ2) is 6.59. The van der Waals surface area contributed by atoms with Crippen molar-refractivity contribution in [1.29, 1.82) is 0 Å². The van der Waals surface area contributed by atoms with Crippen molar-refractivity contribution >= 4 is 17.8 Å². The van der Waals surface area contributed by atoms with Crippen LogP contribution in [0.15, 0.2) is 12.1 Å². The first-order chi connectivity index (χ1) is 12.4. The topological polar surface area (TPSA) is 97.0 Å². The molecule has 8 heteroatoms. The Kier molecular flexibility index (Phi) is 4.47. The third-order valence-electron chi connectivity index (χ3n) is 4.37. The summed E-state index contributed by atoms with van der Waals surface area (Å²) in [4.78, 5) is 37.6. The van der Waals surface area contributed by atoms with Crippen LogP contribution in [0.1, 0.15) is 29.8 Å². The van der Waals surface area contributed by atoms with Gasteiger partial charge in [0.25, 0.3) is 11.8 Å². The largest absolute Gasteiger partial charge is 0.493 e. The van der Waals surface area contributed by atoms with Crippen molar-refractivity contribution in [3.05, 3.63) is 23.3 Å². The summed E-state index contributed by atoms with van der Waals surface area (Å²) < 4.78 is 10.9. The zero-order chi connectivity index (χ0) is 18.9. The molecule has 3 rings (SSSR count). The number of imide groups is 1. The average molecular weight is 357 g/mol. The van der Waals surface area contributed by atoms with Crippen LogP contribution in [0.4, 0.5) is 4.79 Å². The van der Waals surface area contributed by atoms with Crippen molar-refractivity contribution in [3.63, 3.8) is 0 Å². The van der Waals surface area contributed by atoms with Crippen LogP contribution in [-0.4, -0.2) is 48.5 Å². The van der Waals surface area contributed by atoms with Gasteiger partial charge in [0.1, 0.15) is 12.1 Å². The quantitative estimate of drug-likeness (QED) is 0.596. The molecule has 8 nitrogen and oxygen atoms in total. The van der Waals surface area contributed by atoms with Gasteiger partial charge in [0.05, 0.1) is 13.7 Å². The second-order valence-electron chi connectivity index (χ2n) is 6.28. The van der Waals surface area contributed by atoms with E-state index in [4.69, 9.17) is 9.47 Å². The monoisotopic (exact) mass is 357 g/mol. The lowest BCUT2D eigenvalue weighted by atomic mass is 10.0. The van der Waals surface area contributed by atoms with Crippen molar-refractivity contribution in [2.24, 2.45) is 0 Å². The minimum atomic E-state index is -1.16. The first-order valence-electron chi connectivity index (χ1n) is 8.04. The van der Waals surface area contributed by atoms with E-state index >= 15 is 0 Å². The minimum Gasteiger partial charge on any atom is -0.493 e. The summed E-state index contributed by atoms with van der Waals surface area (Å²) in [6.07, 6.45) is 0. The SMILES string of the molecule is CC#CCOc1cc2c(cc1OC)C(=O)N(CC1(C)NC(=O)NC1=O)C2. The highest BCUT2D eigenvalue weighted by Crippen LogP contribution is 2.35. The van der Waals surface area contributed by atoms with Crippen molar-refractivity contribution < 1.29 is 23.9 Å². The van der Waals surface area contributed by atoms with Gasteiger partial charge in [0, 0.05) is 12.1 Å². The Morgan fingerprint density at radius 1 is 1.27 bits per heavy atom. The molecular formula is C18H19N3O5. The van der Waals surface area contributed by atoms with Crippen LogP contribution >= 0.6 is 0 Å². The number of hydrogen-bond acceptors (Lipinski definition) is 5. The number of hydrogen-bond donors (Lipinski definition) is 2. The third-order valence-corrected chi connectivity index (χ3v) is 4.37. The summed E-state index contributed by atoms with van der Waals surface area (Å²) in [7, 11) is 1.50. The van der Waals surface area contributed by atoms with Crippen LogP contribution in [0.5, 0.6) is 11.5 Å². The third kappa shape index (κ3) is 3.04. The maximum atomic E-state index is 12.7. The van der Waals surface area contributed by atoms with E-state index in [2.05, 4.69) is 22.5 Å². The van der Waals surface area contributed by atoms with E-state index in [1.807, 2.05) is 0 Å². The zero-order valence-electron chi connectivity index (χ0n) is 14.8. The van der Waals surface area contributed by atoms with Gasteiger partial charge in [-0.3, -0.25) is 14.9 Å². The molecule has 4 amide bonds. The summed E-state index contributed by atoms with van der Waals surface area (Å²) in [5.74, 6) is 5.81. The van der Waals surface area contributed by atoms with E-state index in [0.29, 0.717) is 23.6 Å². The van der Waals surface area contributed by atoms with Gasteiger partial charge in [-0.2, -0.15) is 0 Å². The van der Waals surface area contributed by atoms with Crippen molar-refractivity contribution in [2.75, 3.05) is 20.3 Å². The van der Waals surface area contributed by atoms with Crippen molar-refractivity contribution in [1.82, 2.24) is 15.5 Å². The fraction of sp³-hybridized carbons (Fsp3) is 0.389. The number of carbonyl (C=O) groups excluding carboxylic acids is 3. The predicted octanol–water partition coefficient (Wildman–Crippen LogP) is 0.651. The van der Waals surface area contributed by atoms with Gasteiger partial charge < -0.3 is 19.7 Å². The van der Waals surface area contributed by atoms with E-state index in [-0.39, 0.29) is 19.1 Å². The summed E-state index contributed by atoms with van der Waals surface area (Å²) in [5.41, 5.74) is 0.0993. The van der Waals surface area contributed by atoms with Gasteiger partial charge in [-0.25, -0.2) is 4.79 Å². The van der Waals surface area contributed by atoms with Crippen LogP contribution in [-0.2, 0) is 11.3 Å². The molecule has 0 aliphatic carbocycles. The fourth-order valence-electron chi connectivity index (χ4n) is 3.04. The maximum Gasteiger partial charge on any atom is 0.322 e. The molecule has 2 aliphatic heterocycles. The van der Waals surface area contributed by atoms with Gasteiger partial charge in [0.2, 0.25) is 0 Å². The first-order valence-corrected chi connectivity index (χ1v) is 8.04. The molecule has 0 aromatic heterocycles. The Hall–Kier alpha value is -3.21. The van der Waals surface area contributed by atoms with Gasteiger partial charge >= 0.3 is 6.03 Å². The molecule has 0 saturated carbocycles. The standard InChI is InChI=1S/C18H19N3O5/c1-4-5-6-26-14-7-11-9-21(15(22)12(11)8-13(14)25-3)10-18(2)16(23)19-17(24)20-18/h7-8H,6,9-10H2,1-3H3,(H2,19,20,23,24).